The summed E-state index contributed by atoms with van der Waals surface area (Å²) in [7, 11) is 0. The van der Waals surface area contributed by atoms with Crippen LogP contribution in [0, 0.1) is 12.8 Å². The molecule has 3 N–H and O–H groups in total. The predicted molar refractivity (Wildman–Crippen MR) is 123 cm³/mol. The molecule has 0 fully saturated rings. The summed E-state index contributed by atoms with van der Waals surface area (Å²) in [5, 5.41) is 20.2. The van der Waals surface area contributed by atoms with Gasteiger partial charge in [0.25, 0.3) is 11.8 Å². The van der Waals surface area contributed by atoms with Gasteiger partial charge in [-0.2, -0.15) is 10.1 Å². The average molecular weight is 444 g/mol. The van der Waals surface area contributed by atoms with Crippen LogP contribution in [0.15, 0.2) is 24.3 Å². The smallest absolute Gasteiger partial charge is 0.273 e. The molecule has 0 bridgehead atoms. The lowest BCUT2D eigenvalue weighted by atomic mass is 10.1. The number of hydrogen-bond acceptors (Lipinski definition) is 6. The monoisotopic (exact) mass is 443 g/mol. The Hall–Kier alpha value is -2.78. The van der Waals surface area contributed by atoms with Gasteiger partial charge in [-0.3, -0.25) is 14.9 Å². The first-order valence-electron chi connectivity index (χ1n) is 10.2. The van der Waals surface area contributed by atoms with E-state index in [1.54, 1.807) is 16.8 Å². The molecule has 0 unspecified atom stereocenters. The second kappa shape index (κ2) is 8.76. The molecule has 8 nitrogen and oxygen atoms in total. The molecular weight excluding hydrogens is 414 g/mol. The normalized spacial score (nSPS) is 12.9. The van der Waals surface area contributed by atoms with E-state index < -0.39 is 5.54 Å². The fourth-order valence-corrected chi connectivity index (χ4v) is 3.93. The van der Waals surface area contributed by atoms with Crippen LogP contribution in [-0.2, 0) is 5.54 Å². The van der Waals surface area contributed by atoms with E-state index in [2.05, 4.69) is 20.7 Å². The van der Waals surface area contributed by atoms with E-state index in [1.165, 1.54) is 11.3 Å². The number of aliphatic hydroxyl groups is 1. The Balaban J connectivity index is 1.96. The summed E-state index contributed by atoms with van der Waals surface area (Å²) in [6.45, 7) is 11.6. The molecule has 1 atom stereocenters. The Morgan fingerprint density at radius 2 is 1.81 bits per heavy atom. The van der Waals surface area contributed by atoms with Crippen LogP contribution in [0.5, 0.6) is 0 Å². The Morgan fingerprint density at radius 1 is 1.16 bits per heavy atom. The average Bonchev–Trinajstić information content (AvgIpc) is 3.24. The summed E-state index contributed by atoms with van der Waals surface area (Å²) in [5.41, 5.74) is 1.95. The van der Waals surface area contributed by atoms with Gasteiger partial charge in [0, 0.05) is 5.56 Å². The lowest BCUT2D eigenvalue weighted by molar-refractivity contribution is 0.0891. The Kier molecular flexibility index (Phi) is 6.47. The van der Waals surface area contributed by atoms with E-state index in [1.807, 2.05) is 53.7 Å². The van der Waals surface area contributed by atoms with Crippen LogP contribution >= 0.6 is 11.3 Å². The summed E-state index contributed by atoms with van der Waals surface area (Å²) >= 11 is 1.21. The van der Waals surface area contributed by atoms with E-state index in [9.17, 15) is 14.7 Å². The summed E-state index contributed by atoms with van der Waals surface area (Å²) in [6.07, 6.45) is 0. The molecule has 31 heavy (non-hydrogen) atoms. The van der Waals surface area contributed by atoms with Gasteiger partial charge in [0.05, 0.1) is 18.2 Å². The number of carbonyl (C=O) groups is 2. The molecule has 166 valence electrons. The highest BCUT2D eigenvalue weighted by Crippen LogP contribution is 2.32. The number of fused-ring (bicyclic) bond motifs is 1. The number of benzene rings is 1. The van der Waals surface area contributed by atoms with E-state index in [-0.39, 0.29) is 36.1 Å². The predicted octanol–water partition coefficient (Wildman–Crippen LogP) is 3.56. The van der Waals surface area contributed by atoms with Crippen LogP contribution in [0.25, 0.3) is 10.3 Å². The van der Waals surface area contributed by atoms with Crippen molar-refractivity contribution in [1.29, 1.82) is 0 Å². The molecule has 0 aliphatic heterocycles. The lowest BCUT2D eigenvalue weighted by Gasteiger charge is -2.20. The quantitative estimate of drug-likeness (QED) is 0.540. The third-order valence-corrected chi connectivity index (χ3v) is 5.89. The maximum Gasteiger partial charge on any atom is 0.273 e. The molecule has 2 aromatic heterocycles. The molecule has 0 aliphatic rings. The Morgan fingerprint density at radius 3 is 2.35 bits per heavy atom. The standard InChI is InChI=1S/C22H29N5O3S/c1-12(2)15(11-28)23-20(30)16-17-18(27(26-16)22(4,5)6)24-21(31-17)25-19(29)14-9-7-13(3)8-10-14/h7-10,12,15,28H,11H2,1-6H3,(H,23,30)(H,24,25,29)/t15-/m1/s1. The molecule has 0 saturated carbocycles. The molecule has 2 heterocycles. The Labute approximate surface area is 185 Å². The number of rotatable bonds is 6. The summed E-state index contributed by atoms with van der Waals surface area (Å²) < 4.78 is 2.28. The number of aliphatic hydroxyl groups excluding tert-OH is 1. The van der Waals surface area contributed by atoms with Crippen LogP contribution in [0.2, 0.25) is 0 Å². The van der Waals surface area contributed by atoms with Crippen molar-refractivity contribution in [3.8, 4) is 0 Å². The van der Waals surface area contributed by atoms with Gasteiger partial charge in [-0.15, -0.1) is 0 Å². The van der Waals surface area contributed by atoms with E-state index in [4.69, 9.17) is 0 Å². The van der Waals surface area contributed by atoms with Gasteiger partial charge in [0.1, 0.15) is 4.70 Å². The largest absolute Gasteiger partial charge is 0.394 e. The first kappa shape index (κ1) is 22.9. The van der Waals surface area contributed by atoms with E-state index in [0.29, 0.717) is 21.0 Å². The number of nitrogens with zero attached hydrogens (tertiary/aromatic N) is 3. The summed E-state index contributed by atoms with van der Waals surface area (Å²) in [6, 6.07) is 6.89. The van der Waals surface area contributed by atoms with Gasteiger partial charge in [0.15, 0.2) is 16.5 Å². The van der Waals surface area contributed by atoms with Gasteiger partial charge in [0.2, 0.25) is 0 Å². The zero-order chi connectivity index (χ0) is 22.9. The van der Waals surface area contributed by atoms with Gasteiger partial charge in [-0.1, -0.05) is 42.9 Å². The molecule has 2 amide bonds. The number of amides is 2. The lowest BCUT2D eigenvalue weighted by Crippen LogP contribution is -2.41. The van der Waals surface area contributed by atoms with Crippen LogP contribution in [-0.4, -0.2) is 44.3 Å². The molecule has 0 spiro atoms. The Bertz CT molecular complexity index is 1090. The van der Waals surface area contributed by atoms with Crippen LogP contribution in [0.4, 0.5) is 5.13 Å². The van der Waals surface area contributed by atoms with Gasteiger partial charge in [-0.25, -0.2) is 4.68 Å². The number of nitrogens with one attached hydrogen (secondary N) is 2. The third kappa shape index (κ3) is 4.94. The maximum absolute atomic E-state index is 13.0. The van der Waals surface area contributed by atoms with Crippen molar-refractivity contribution in [1.82, 2.24) is 20.1 Å². The summed E-state index contributed by atoms with van der Waals surface area (Å²) in [5.74, 6) is -0.571. The van der Waals surface area contributed by atoms with Gasteiger partial charge < -0.3 is 10.4 Å². The molecule has 9 heteroatoms. The SMILES string of the molecule is Cc1ccc(C(=O)Nc2nc3c(s2)c(C(=O)N[C@H](CO)C(C)C)nn3C(C)(C)C)cc1. The minimum Gasteiger partial charge on any atom is -0.394 e. The molecule has 1 aromatic carbocycles. The number of anilines is 1. The molecule has 0 radical (unpaired) electrons. The first-order valence-corrected chi connectivity index (χ1v) is 11.0. The molecule has 3 aromatic rings. The number of aryl methyl sites for hydroxylation is 1. The van der Waals surface area contributed by atoms with Crippen molar-refractivity contribution in [2.24, 2.45) is 5.92 Å². The molecular formula is C22H29N5O3S. The number of carbonyl (C=O) groups excluding carboxylic acids is 2. The van der Waals surface area contributed by atoms with Crippen molar-refractivity contribution in [2.45, 2.75) is 53.1 Å². The fourth-order valence-electron chi connectivity index (χ4n) is 3.01. The number of hydrogen-bond donors (Lipinski definition) is 3. The second-order valence-electron chi connectivity index (χ2n) is 8.93. The van der Waals surface area contributed by atoms with Crippen molar-refractivity contribution in [2.75, 3.05) is 11.9 Å². The molecule has 0 aliphatic carbocycles. The molecule has 3 rings (SSSR count). The highest BCUT2D eigenvalue weighted by atomic mass is 32.1. The fraction of sp³-hybridized carbons (Fsp3) is 0.455. The van der Waals surface area contributed by atoms with Crippen LogP contribution in [0.3, 0.4) is 0 Å². The maximum atomic E-state index is 13.0. The van der Waals surface area contributed by atoms with E-state index >= 15 is 0 Å². The van der Waals surface area contributed by atoms with Gasteiger partial charge in [-0.05, 0) is 45.7 Å². The van der Waals surface area contributed by atoms with E-state index in [0.717, 1.165) is 5.56 Å². The minimum atomic E-state index is -0.419. The second-order valence-corrected chi connectivity index (χ2v) is 9.93. The third-order valence-electron chi connectivity index (χ3n) is 4.93. The zero-order valence-corrected chi connectivity index (χ0v) is 19.5. The minimum absolute atomic E-state index is 0.0694. The van der Waals surface area contributed by atoms with Crippen LogP contribution < -0.4 is 10.6 Å². The topological polar surface area (TPSA) is 109 Å². The summed E-state index contributed by atoms with van der Waals surface area (Å²) in [4.78, 5) is 30.1. The number of thiazole rings is 1. The molecule has 0 saturated heterocycles. The van der Waals surface area contributed by atoms with Crippen molar-refractivity contribution in [3.05, 3.63) is 41.1 Å². The van der Waals surface area contributed by atoms with Crippen molar-refractivity contribution < 1.29 is 14.7 Å². The van der Waals surface area contributed by atoms with Crippen molar-refractivity contribution >= 4 is 38.6 Å². The highest BCUT2D eigenvalue weighted by Gasteiger charge is 2.28. The van der Waals surface area contributed by atoms with Crippen LogP contribution in [0.1, 0.15) is 61.0 Å². The number of aromatic nitrogens is 3. The van der Waals surface area contributed by atoms with Crippen molar-refractivity contribution in [3.63, 3.8) is 0 Å². The highest BCUT2D eigenvalue weighted by molar-refractivity contribution is 7.22. The zero-order valence-electron chi connectivity index (χ0n) is 18.7. The van der Waals surface area contributed by atoms with Gasteiger partial charge >= 0.3 is 0 Å². The first-order chi connectivity index (χ1) is 14.5.